The Kier molecular flexibility index (Phi) is 2.90. The molecule has 0 saturated heterocycles. The third kappa shape index (κ3) is 1.64. The van der Waals surface area contributed by atoms with Crippen molar-refractivity contribution in [1.29, 1.82) is 0 Å². The van der Waals surface area contributed by atoms with Crippen molar-refractivity contribution in [2.75, 3.05) is 0 Å². The van der Waals surface area contributed by atoms with Crippen LogP contribution in [0.5, 0.6) is 0 Å². The molecule has 0 N–H and O–H groups in total. The number of rotatable bonds is 0. The third-order valence-electron chi connectivity index (χ3n) is 6.21. The van der Waals surface area contributed by atoms with E-state index in [9.17, 15) is 0 Å². The lowest BCUT2D eigenvalue weighted by Crippen LogP contribution is -2.50. The molecular formula is C24H21Cl. The van der Waals surface area contributed by atoms with Crippen molar-refractivity contribution < 1.29 is 0 Å². The molecule has 25 heavy (non-hydrogen) atoms. The number of hydrogen-bond donors (Lipinski definition) is 0. The van der Waals surface area contributed by atoms with Gasteiger partial charge in [0.1, 0.15) is 0 Å². The zero-order valence-corrected chi connectivity index (χ0v) is 15.6. The molecule has 3 aromatic carbocycles. The molecule has 6 rings (SSSR count). The van der Waals surface area contributed by atoms with Crippen LogP contribution in [0.2, 0.25) is 5.02 Å². The Balaban J connectivity index is 2.07. The van der Waals surface area contributed by atoms with E-state index in [1.807, 2.05) is 0 Å². The molecule has 0 saturated carbocycles. The normalized spacial score (nSPS) is 23.0. The largest absolute Gasteiger partial charge is 0.0840 e. The van der Waals surface area contributed by atoms with Crippen molar-refractivity contribution in [3.05, 3.63) is 105 Å². The third-order valence-corrected chi connectivity index (χ3v) is 6.52. The Morgan fingerprint density at radius 1 is 0.720 bits per heavy atom. The van der Waals surface area contributed by atoms with Gasteiger partial charge in [-0.15, -0.1) is 0 Å². The summed E-state index contributed by atoms with van der Waals surface area (Å²) in [5.74, 6) is 0.283. The van der Waals surface area contributed by atoms with Crippen LogP contribution in [-0.4, -0.2) is 0 Å². The molecule has 124 valence electrons. The first-order valence-corrected chi connectivity index (χ1v) is 9.33. The van der Waals surface area contributed by atoms with Crippen LogP contribution in [0.3, 0.4) is 0 Å². The van der Waals surface area contributed by atoms with E-state index in [4.69, 9.17) is 11.6 Å². The molecule has 0 radical (unpaired) electrons. The lowest BCUT2D eigenvalue weighted by Gasteiger charge is -2.57. The first-order chi connectivity index (χ1) is 12.0. The van der Waals surface area contributed by atoms with Crippen molar-refractivity contribution in [3.63, 3.8) is 0 Å². The van der Waals surface area contributed by atoms with Gasteiger partial charge in [-0.3, -0.25) is 0 Å². The van der Waals surface area contributed by atoms with E-state index in [0.29, 0.717) is 0 Å². The second kappa shape index (κ2) is 4.77. The lowest BCUT2D eigenvalue weighted by molar-refractivity contribution is 0.255. The molecule has 3 aliphatic carbocycles. The maximum absolute atomic E-state index is 6.86. The summed E-state index contributed by atoms with van der Waals surface area (Å²) in [6.45, 7) is 7.04. The van der Waals surface area contributed by atoms with E-state index >= 15 is 0 Å². The van der Waals surface area contributed by atoms with E-state index < -0.39 is 0 Å². The lowest BCUT2D eigenvalue weighted by atomic mass is 9.45. The Labute approximate surface area is 154 Å². The van der Waals surface area contributed by atoms with Gasteiger partial charge in [-0.1, -0.05) is 93.0 Å². The Hall–Kier alpha value is -2.05. The highest BCUT2D eigenvalue weighted by Gasteiger charge is 2.57. The molecule has 0 atom stereocenters. The molecule has 0 spiro atoms. The number of hydrogen-bond acceptors (Lipinski definition) is 0. The monoisotopic (exact) mass is 344 g/mol. The summed E-state index contributed by atoms with van der Waals surface area (Å²) in [5, 5.41) is 0.890. The zero-order valence-electron chi connectivity index (χ0n) is 14.8. The van der Waals surface area contributed by atoms with Crippen molar-refractivity contribution >= 4 is 11.6 Å². The molecule has 0 heterocycles. The molecule has 0 fully saturated rings. The average molecular weight is 345 g/mol. The molecule has 0 amide bonds. The molecule has 3 aliphatic rings. The minimum absolute atomic E-state index is 0.00958. The van der Waals surface area contributed by atoms with Gasteiger partial charge in [-0.05, 0) is 44.9 Å². The van der Waals surface area contributed by atoms with Gasteiger partial charge >= 0.3 is 0 Å². The van der Waals surface area contributed by atoms with Crippen LogP contribution >= 0.6 is 11.6 Å². The fourth-order valence-electron chi connectivity index (χ4n) is 5.46. The van der Waals surface area contributed by atoms with Gasteiger partial charge in [-0.25, -0.2) is 0 Å². The smallest absolute Gasteiger partial charge is 0.0523 e. The van der Waals surface area contributed by atoms with Crippen LogP contribution in [0.1, 0.15) is 60.1 Å². The van der Waals surface area contributed by atoms with Gasteiger partial charge in [-0.2, -0.15) is 0 Å². The van der Waals surface area contributed by atoms with Crippen LogP contribution in [-0.2, 0) is 5.41 Å². The van der Waals surface area contributed by atoms with Gasteiger partial charge in [0.2, 0.25) is 0 Å². The second-order valence-corrected chi connectivity index (χ2v) is 8.72. The van der Waals surface area contributed by atoms with E-state index in [-0.39, 0.29) is 16.7 Å². The maximum Gasteiger partial charge on any atom is 0.0523 e. The predicted octanol–water partition coefficient (Wildman–Crippen LogP) is 6.53. The summed E-state index contributed by atoms with van der Waals surface area (Å²) in [4.78, 5) is 0. The molecule has 0 aromatic heterocycles. The summed E-state index contributed by atoms with van der Waals surface area (Å²) in [5.41, 5.74) is 8.18. The Bertz CT molecular complexity index is 959. The van der Waals surface area contributed by atoms with Crippen molar-refractivity contribution in [1.82, 2.24) is 0 Å². The summed E-state index contributed by atoms with van der Waals surface area (Å²) in [6.07, 6.45) is 0. The quantitative estimate of drug-likeness (QED) is 0.435. The van der Waals surface area contributed by atoms with Crippen LogP contribution in [0.25, 0.3) is 0 Å². The zero-order chi connectivity index (χ0) is 17.4. The standard InChI is InChI=1S/C24H21Cl/c1-23(2,3)24-18-12-6-4-9-15(18)21(16-10-5-7-13-19(16)24)17-11-8-14-20(25)22(17)24/h4-14,21H,1-3H3. The van der Waals surface area contributed by atoms with Crippen molar-refractivity contribution in [3.8, 4) is 0 Å². The van der Waals surface area contributed by atoms with Crippen LogP contribution in [0.15, 0.2) is 66.7 Å². The van der Waals surface area contributed by atoms with E-state index in [1.54, 1.807) is 0 Å². The number of halogens is 1. The van der Waals surface area contributed by atoms with E-state index in [2.05, 4.69) is 87.5 Å². The van der Waals surface area contributed by atoms with Crippen molar-refractivity contribution in [2.45, 2.75) is 32.1 Å². The summed E-state index contributed by atoms with van der Waals surface area (Å²) >= 11 is 6.86. The molecule has 0 aliphatic heterocycles. The maximum atomic E-state index is 6.86. The molecule has 0 unspecified atom stereocenters. The predicted molar refractivity (Wildman–Crippen MR) is 105 cm³/mol. The molecule has 0 nitrogen and oxygen atoms in total. The summed E-state index contributed by atoms with van der Waals surface area (Å²) in [7, 11) is 0. The van der Waals surface area contributed by atoms with Crippen molar-refractivity contribution in [2.24, 2.45) is 5.41 Å². The van der Waals surface area contributed by atoms with E-state index in [0.717, 1.165) is 5.02 Å². The molecular weight excluding hydrogens is 324 g/mol. The fraction of sp³-hybridized carbons (Fsp3) is 0.250. The minimum atomic E-state index is -0.220. The highest BCUT2D eigenvalue weighted by atomic mass is 35.5. The van der Waals surface area contributed by atoms with Gasteiger partial charge in [0.15, 0.2) is 0 Å². The van der Waals surface area contributed by atoms with Gasteiger partial charge in [0.25, 0.3) is 0 Å². The van der Waals surface area contributed by atoms with Gasteiger partial charge in [0.05, 0.1) is 5.41 Å². The highest BCUT2D eigenvalue weighted by Crippen LogP contribution is 2.65. The summed E-state index contributed by atoms with van der Waals surface area (Å²) in [6, 6.07) is 24.4. The summed E-state index contributed by atoms with van der Waals surface area (Å²) < 4.78 is 0. The molecule has 2 bridgehead atoms. The van der Waals surface area contributed by atoms with Crippen LogP contribution in [0.4, 0.5) is 0 Å². The minimum Gasteiger partial charge on any atom is -0.0840 e. The van der Waals surface area contributed by atoms with Crippen LogP contribution < -0.4 is 0 Å². The first kappa shape index (κ1) is 15.2. The first-order valence-electron chi connectivity index (χ1n) is 8.95. The van der Waals surface area contributed by atoms with Gasteiger partial charge in [0, 0.05) is 10.9 Å². The SMILES string of the molecule is CC(C)(C)C12c3ccccc3C(c3ccccc31)c1cccc(Cl)c12. The Morgan fingerprint density at radius 3 is 1.80 bits per heavy atom. The van der Waals surface area contributed by atoms with Crippen LogP contribution in [0, 0.1) is 5.41 Å². The second-order valence-electron chi connectivity index (χ2n) is 8.31. The fourth-order valence-corrected chi connectivity index (χ4v) is 5.78. The topological polar surface area (TPSA) is 0 Å². The average Bonchev–Trinajstić information content (AvgIpc) is 2.60. The molecule has 3 aromatic rings. The number of benzene rings is 3. The highest BCUT2D eigenvalue weighted by molar-refractivity contribution is 6.31. The van der Waals surface area contributed by atoms with E-state index in [1.165, 1.54) is 33.4 Å². The Morgan fingerprint density at radius 2 is 1.24 bits per heavy atom. The molecule has 1 heteroatoms. The van der Waals surface area contributed by atoms with Gasteiger partial charge < -0.3 is 0 Å².